The van der Waals surface area contributed by atoms with Crippen molar-refractivity contribution in [2.24, 2.45) is 5.73 Å². The van der Waals surface area contributed by atoms with Gasteiger partial charge in [0.15, 0.2) is 0 Å². The molecule has 2 rings (SSSR count). The van der Waals surface area contributed by atoms with E-state index >= 15 is 0 Å². The third-order valence-electron chi connectivity index (χ3n) is 3.33. The third kappa shape index (κ3) is 2.70. The number of sulfonamides is 1. The molecule has 6 heteroatoms. The number of aromatic amines is 1. The van der Waals surface area contributed by atoms with Crippen LogP contribution in [0.1, 0.15) is 38.3 Å². The van der Waals surface area contributed by atoms with Gasteiger partial charge in [0.1, 0.15) is 0 Å². The summed E-state index contributed by atoms with van der Waals surface area (Å²) in [6.07, 6.45) is 5.46. The SMILES string of the molecule is CC1(NS(=O)(=O)c2c[nH]c(CN)c2)CCCC1. The summed E-state index contributed by atoms with van der Waals surface area (Å²) < 4.78 is 27.1. The molecule has 1 aromatic heterocycles. The molecule has 1 saturated carbocycles. The lowest BCUT2D eigenvalue weighted by Gasteiger charge is -2.24. The number of H-pyrrole nitrogens is 1. The second-order valence-corrected chi connectivity index (χ2v) is 6.62. The molecule has 4 N–H and O–H groups in total. The number of hydrogen-bond donors (Lipinski definition) is 3. The molecule has 1 aliphatic rings. The summed E-state index contributed by atoms with van der Waals surface area (Å²) in [5, 5.41) is 0. The predicted molar refractivity (Wildman–Crippen MR) is 65.9 cm³/mol. The van der Waals surface area contributed by atoms with Gasteiger partial charge in [0, 0.05) is 24.0 Å². The number of rotatable bonds is 4. The highest BCUT2D eigenvalue weighted by molar-refractivity contribution is 7.89. The molecule has 1 heterocycles. The monoisotopic (exact) mass is 257 g/mol. The van der Waals surface area contributed by atoms with Crippen molar-refractivity contribution in [3.05, 3.63) is 18.0 Å². The Labute approximate surface area is 102 Å². The van der Waals surface area contributed by atoms with Crippen LogP contribution in [-0.4, -0.2) is 18.9 Å². The highest BCUT2D eigenvalue weighted by atomic mass is 32.2. The van der Waals surface area contributed by atoms with Gasteiger partial charge < -0.3 is 10.7 Å². The van der Waals surface area contributed by atoms with Gasteiger partial charge in [0.25, 0.3) is 0 Å². The first-order valence-electron chi connectivity index (χ1n) is 5.87. The van der Waals surface area contributed by atoms with Crippen LogP contribution in [-0.2, 0) is 16.6 Å². The first kappa shape index (κ1) is 12.6. The highest BCUT2D eigenvalue weighted by Gasteiger charge is 2.33. The van der Waals surface area contributed by atoms with Crippen molar-refractivity contribution in [1.82, 2.24) is 9.71 Å². The molecule has 0 spiro atoms. The topological polar surface area (TPSA) is 88.0 Å². The zero-order valence-corrected chi connectivity index (χ0v) is 10.8. The fourth-order valence-corrected chi connectivity index (χ4v) is 3.81. The van der Waals surface area contributed by atoms with Crippen LogP contribution in [0.5, 0.6) is 0 Å². The van der Waals surface area contributed by atoms with Gasteiger partial charge in [0.2, 0.25) is 10.0 Å². The zero-order chi connectivity index (χ0) is 12.5. The molecule has 0 amide bonds. The molecule has 1 fully saturated rings. The van der Waals surface area contributed by atoms with Crippen LogP contribution in [0.25, 0.3) is 0 Å². The molecule has 0 atom stereocenters. The second kappa shape index (κ2) is 4.44. The van der Waals surface area contributed by atoms with E-state index in [0.717, 1.165) is 31.4 Å². The fraction of sp³-hybridized carbons (Fsp3) is 0.636. The lowest BCUT2D eigenvalue weighted by molar-refractivity contribution is 0.427. The number of hydrogen-bond acceptors (Lipinski definition) is 3. The van der Waals surface area contributed by atoms with Crippen molar-refractivity contribution in [3.8, 4) is 0 Å². The average Bonchev–Trinajstić information content (AvgIpc) is 2.85. The van der Waals surface area contributed by atoms with Crippen molar-refractivity contribution in [2.75, 3.05) is 0 Å². The number of nitrogens with one attached hydrogen (secondary N) is 2. The van der Waals surface area contributed by atoms with Gasteiger partial charge in [-0.25, -0.2) is 13.1 Å². The number of aromatic nitrogens is 1. The molecule has 0 saturated heterocycles. The molecule has 17 heavy (non-hydrogen) atoms. The maximum absolute atomic E-state index is 12.2. The first-order chi connectivity index (χ1) is 7.95. The average molecular weight is 257 g/mol. The largest absolute Gasteiger partial charge is 0.363 e. The minimum Gasteiger partial charge on any atom is -0.363 e. The van der Waals surface area contributed by atoms with E-state index in [1.807, 2.05) is 6.92 Å². The summed E-state index contributed by atoms with van der Waals surface area (Å²) in [7, 11) is -3.43. The van der Waals surface area contributed by atoms with Crippen molar-refractivity contribution >= 4 is 10.0 Å². The van der Waals surface area contributed by atoms with E-state index in [4.69, 9.17) is 5.73 Å². The maximum Gasteiger partial charge on any atom is 0.242 e. The van der Waals surface area contributed by atoms with Crippen molar-refractivity contribution in [3.63, 3.8) is 0 Å². The first-order valence-corrected chi connectivity index (χ1v) is 7.35. The third-order valence-corrected chi connectivity index (χ3v) is 4.95. The van der Waals surface area contributed by atoms with E-state index in [0.29, 0.717) is 6.54 Å². The summed E-state index contributed by atoms with van der Waals surface area (Å²) in [5.74, 6) is 0. The van der Waals surface area contributed by atoms with Crippen molar-refractivity contribution < 1.29 is 8.42 Å². The van der Waals surface area contributed by atoms with Crippen molar-refractivity contribution in [2.45, 2.75) is 49.6 Å². The second-order valence-electron chi connectivity index (χ2n) is 4.94. The van der Waals surface area contributed by atoms with Crippen molar-refractivity contribution in [1.29, 1.82) is 0 Å². The van der Waals surface area contributed by atoms with Crippen LogP contribution in [0.3, 0.4) is 0 Å². The minimum absolute atomic E-state index is 0.270. The van der Waals surface area contributed by atoms with Crippen LogP contribution in [0.4, 0.5) is 0 Å². The van der Waals surface area contributed by atoms with Gasteiger partial charge in [-0.05, 0) is 25.8 Å². The van der Waals surface area contributed by atoms with E-state index < -0.39 is 10.0 Å². The molecule has 1 aromatic rings. The van der Waals surface area contributed by atoms with Crippen LogP contribution in [0, 0.1) is 0 Å². The Morgan fingerprint density at radius 1 is 1.47 bits per heavy atom. The molecule has 96 valence electrons. The van der Waals surface area contributed by atoms with E-state index in [1.165, 1.54) is 6.20 Å². The van der Waals surface area contributed by atoms with Crippen LogP contribution in [0.15, 0.2) is 17.2 Å². The highest BCUT2D eigenvalue weighted by Crippen LogP contribution is 2.30. The van der Waals surface area contributed by atoms with E-state index in [1.54, 1.807) is 6.07 Å². The molecule has 0 radical (unpaired) electrons. The molecule has 0 aromatic carbocycles. The Kier molecular flexibility index (Phi) is 3.29. The smallest absolute Gasteiger partial charge is 0.242 e. The predicted octanol–water partition coefficient (Wildman–Crippen LogP) is 1.08. The minimum atomic E-state index is -3.43. The Morgan fingerprint density at radius 3 is 2.65 bits per heavy atom. The van der Waals surface area contributed by atoms with Gasteiger partial charge in [-0.3, -0.25) is 0 Å². The van der Waals surface area contributed by atoms with Crippen LogP contribution < -0.4 is 10.5 Å². The number of nitrogens with two attached hydrogens (primary N) is 1. The molecule has 0 aliphatic heterocycles. The standard InChI is InChI=1S/C11H19N3O2S/c1-11(4-2-3-5-11)14-17(15,16)10-6-9(7-12)13-8-10/h6,8,13-14H,2-5,7,12H2,1H3. The normalized spacial score (nSPS) is 19.6. The molecular formula is C11H19N3O2S. The lowest BCUT2D eigenvalue weighted by atomic mass is 10.0. The van der Waals surface area contributed by atoms with Crippen LogP contribution in [0.2, 0.25) is 0 Å². The molecule has 0 unspecified atom stereocenters. The van der Waals surface area contributed by atoms with Gasteiger partial charge in [-0.2, -0.15) is 0 Å². The van der Waals surface area contributed by atoms with Gasteiger partial charge in [0.05, 0.1) is 4.90 Å². The Hall–Kier alpha value is -0.850. The van der Waals surface area contributed by atoms with Crippen LogP contribution >= 0.6 is 0 Å². The van der Waals surface area contributed by atoms with E-state index in [2.05, 4.69) is 9.71 Å². The molecule has 0 bridgehead atoms. The lowest BCUT2D eigenvalue weighted by Crippen LogP contribution is -2.43. The van der Waals surface area contributed by atoms with E-state index in [9.17, 15) is 8.42 Å². The Bertz CT molecular complexity index is 487. The molecule has 1 aliphatic carbocycles. The fourth-order valence-electron chi connectivity index (χ4n) is 2.33. The zero-order valence-electron chi connectivity index (χ0n) is 9.99. The van der Waals surface area contributed by atoms with Gasteiger partial charge in [-0.1, -0.05) is 12.8 Å². The van der Waals surface area contributed by atoms with Gasteiger partial charge in [-0.15, -0.1) is 0 Å². The summed E-state index contributed by atoms with van der Waals surface area (Å²) >= 11 is 0. The molecular weight excluding hydrogens is 238 g/mol. The summed E-state index contributed by atoms with van der Waals surface area (Å²) in [6.45, 7) is 2.28. The summed E-state index contributed by atoms with van der Waals surface area (Å²) in [5.41, 5.74) is 5.88. The van der Waals surface area contributed by atoms with Gasteiger partial charge >= 0.3 is 0 Å². The maximum atomic E-state index is 12.2. The summed E-state index contributed by atoms with van der Waals surface area (Å²) in [6, 6.07) is 1.58. The van der Waals surface area contributed by atoms with E-state index in [-0.39, 0.29) is 10.4 Å². The quantitative estimate of drug-likeness (QED) is 0.754. The Balaban J connectivity index is 2.18. The molecule has 5 nitrogen and oxygen atoms in total. The Morgan fingerprint density at radius 2 is 2.12 bits per heavy atom. The summed E-state index contributed by atoms with van der Waals surface area (Å²) in [4.78, 5) is 3.12.